The van der Waals surface area contributed by atoms with Gasteiger partial charge < -0.3 is 14.8 Å². The molecule has 0 saturated carbocycles. The van der Waals surface area contributed by atoms with Crippen LogP contribution in [0.4, 0.5) is 9.18 Å². The normalized spacial score (nSPS) is 15.2. The molecule has 1 N–H and O–H groups in total. The van der Waals surface area contributed by atoms with E-state index < -0.39 is 29.8 Å². The second-order valence-corrected chi connectivity index (χ2v) is 4.62. The molecule has 8 heteroatoms. The first kappa shape index (κ1) is 15.7. The SMILES string of the molecule is COc1ccc(C(=O)O[C@@H](C)C(=O)N2CCNC2=O)cc1F. The molecule has 1 heterocycles. The van der Waals surface area contributed by atoms with Crippen molar-refractivity contribution in [2.45, 2.75) is 13.0 Å². The third-order valence-electron chi connectivity index (χ3n) is 3.14. The Kier molecular flexibility index (Phi) is 4.59. The van der Waals surface area contributed by atoms with E-state index >= 15 is 0 Å². The molecule has 2 rings (SSSR count). The molecule has 7 nitrogen and oxygen atoms in total. The van der Waals surface area contributed by atoms with E-state index in [0.717, 1.165) is 11.0 Å². The molecule has 0 spiro atoms. The highest BCUT2D eigenvalue weighted by molar-refractivity contribution is 5.99. The molecule has 118 valence electrons. The minimum absolute atomic E-state index is 0.00517. The number of halogens is 1. The predicted octanol–water partition coefficient (Wildman–Crippen LogP) is 0.931. The predicted molar refractivity (Wildman–Crippen MR) is 72.9 cm³/mol. The number of esters is 1. The van der Waals surface area contributed by atoms with Crippen molar-refractivity contribution in [3.8, 4) is 5.75 Å². The zero-order chi connectivity index (χ0) is 16.3. The summed E-state index contributed by atoms with van der Waals surface area (Å²) in [5.41, 5.74) is -0.0520. The molecule has 0 bridgehead atoms. The van der Waals surface area contributed by atoms with Gasteiger partial charge in [-0.05, 0) is 25.1 Å². The van der Waals surface area contributed by atoms with Gasteiger partial charge in [0.05, 0.1) is 12.7 Å². The zero-order valence-electron chi connectivity index (χ0n) is 12.1. The molecule has 1 saturated heterocycles. The first-order valence-electron chi connectivity index (χ1n) is 6.57. The molecule has 0 radical (unpaired) electrons. The number of imide groups is 1. The zero-order valence-corrected chi connectivity index (χ0v) is 12.1. The van der Waals surface area contributed by atoms with Gasteiger partial charge in [0.2, 0.25) is 0 Å². The minimum atomic E-state index is -1.15. The van der Waals surface area contributed by atoms with Crippen molar-refractivity contribution in [2.75, 3.05) is 20.2 Å². The summed E-state index contributed by atoms with van der Waals surface area (Å²) in [7, 11) is 1.30. The summed E-state index contributed by atoms with van der Waals surface area (Å²) in [5, 5.41) is 2.47. The summed E-state index contributed by atoms with van der Waals surface area (Å²) < 4.78 is 23.3. The number of urea groups is 1. The fourth-order valence-electron chi connectivity index (χ4n) is 1.97. The van der Waals surface area contributed by atoms with Crippen molar-refractivity contribution in [1.82, 2.24) is 10.2 Å². The Balaban J connectivity index is 2.03. The number of amides is 3. The number of hydrogen-bond donors (Lipinski definition) is 1. The Morgan fingerprint density at radius 3 is 2.68 bits per heavy atom. The van der Waals surface area contributed by atoms with E-state index in [1.54, 1.807) is 0 Å². The smallest absolute Gasteiger partial charge is 0.339 e. The Labute approximate surface area is 126 Å². The fourth-order valence-corrected chi connectivity index (χ4v) is 1.97. The van der Waals surface area contributed by atoms with Gasteiger partial charge in [-0.25, -0.2) is 14.0 Å². The largest absolute Gasteiger partial charge is 0.494 e. The van der Waals surface area contributed by atoms with Gasteiger partial charge in [-0.15, -0.1) is 0 Å². The van der Waals surface area contributed by atoms with E-state index in [-0.39, 0.29) is 17.9 Å². The summed E-state index contributed by atoms with van der Waals surface area (Å²) in [5.74, 6) is -2.20. The number of rotatable bonds is 4. The molecule has 1 fully saturated rings. The Hall–Kier alpha value is -2.64. The van der Waals surface area contributed by atoms with Gasteiger partial charge in [-0.2, -0.15) is 0 Å². The van der Waals surface area contributed by atoms with Crippen molar-refractivity contribution < 1.29 is 28.2 Å². The van der Waals surface area contributed by atoms with Crippen LogP contribution in [0.3, 0.4) is 0 Å². The maximum absolute atomic E-state index is 13.5. The van der Waals surface area contributed by atoms with E-state index in [4.69, 9.17) is 9.47 Å². The first-order chi connectivity index (χ1) is 10.4. The fraction of sp³-hybridized carbons (Fsp3) is 0.357. The summed E-state index contributed by atoms with van der Waals surface area (Å²) in [6, 6.07) is 3.04. The number of carbonyl (C=O) groups is 3. The standard InChI is InChI=1S/C14H15FN2O5/c1-8(12(18)17-6-5-16-14(17)20)22-13(19)9-3-4-11(21-2)10(15)7-9/h3-4,7-8H,5-6H2,1-2H3,(H,16,20)/t8-/m0/s1. The van der Waals surface area contributed by atoms with Crippen LogP contribution in [-0.2, 0) is 9.53 Å². The highest BCUT2D eigenvalue weighted by Crippen LogP contribution is 2.18. The first-order valence-corrected chi connectivity index (χ1v) is 6.57. The van der Waals surface area contributed by atoms with Gasteiger partial charge in [-0.1, -0.05) is 0 Å². The molecular weight excluding hydrogens is 295 g/mol. The summed E-state index contributed by atoms with van der Waals surface area (Å²) in [6.07, 6.45) is -1.15. The second kappa shape index (κ2) is 6.42. The number of methoxy groups -OCH3 is 1. The van der Waals surface area contributed by atoms with Crippen molar-refractivity contribution in [3.63, 3.8) is 0 Å². The maximum Gasteiger partial charge on any atom is 0.339 e. The quantitative estimate of drug-likeness (QED) is 0.836. The number of benzene rings is 1. The highest BCUT2D eigenvalue weighted by atomic mass is 19.1. The molecule has 0 aromatic heterocycles. The Morgan fingerprint density at radius 2 is 2.14 bits per heavy atom. The molecule has 1 aliphatic heterocycles. The van der Waals surface area contributed by atoms with E-state index in [1.165, 1.54) is 26.2 Å². The van der Waals surface area contributed by atoms with Gasteiger partial charge in [-0.3, -0.25) is 9.69 Å². The van der Waals surface area contributed by atoms with Crippen LogP contribution < -0.4 is 10.1 Å². The molecule has 1 aromatic rings. The molecule has 22 heavy (non-hydrogen) atoms. The van der Waals surface area contributed by atoms with Gasteiger partial charge >= 0.3 is 12.0 Å². The molecule has 1 aliphatic rings. The van der Waals surface area contributed by atoms with Gasteiger partial charge in [0.15, 0.2) is 17.7 Å². The van der Waals surface area contributed by atoms with Gasteiger partial charge in [0.25, 0.3) is 5.91 Å². The van der Waals surface area contributed by atoms with Crippen LogP contribution in [-0.4, -0.2) is 49.1 Å². The van der Waals surface area contributed by atoms with Gasteiger partial charge in [0.1, 0.15) is 0 Å². The Morgan fingerprint density at radius 1 is 1.41 bits per heavy atom. The monoisotopic (exact) mass is 310 g/mol. The minimum Gasteiger partial charge on any atom is -0.494 e. The summed E-state index contributed by atoms with van der Waals surface area (Å²) >= 11 is 0. The van der Waals surface area contributed by atoms with Gasteiger partial charge in [0, 0.05) is 13.1 Å². The lowest BCUT2D eigenvalue weighted by atomic mass is 10.2. The number of hydrogen-bond acceptors (Lipinski definition) is 5. The highest BCUT2D eigenvalue weighted by Gasteiger charge is 2.31. The van der Waals surface area contributed by atoms with Crippen LogP contribution >= 0.6 is 0 Å². The Bertz CT molecular complexity index is 619. The maximum atomic E-state index is 13.5. The van der Waals surface area contributed by atoms with Crippen molar-refractivity contribution in [2.24, 2.45) is 0 Å². The van der Waals surface area contributed by atoms with Crippen molar-refractivity contribution >= 4 is 17.9 Å². The van der Waals surface area contributed by atoms with Crippen LogP contribution in [0.1, 0.15) is 17.3 Å². The number of nitrogens with one attached hydrogen (secondary N) is 1. The lowest BCUT2D eigenvalue weighted by Gasteiger charge is -2.18. The third-order valence-corrected chi connectivity index (χ3v) is 3.14. The van der Waals surface area contributed by atoms with Crippen molar-refractivity contribution in [3.05, 3.63) is 29.6 Å². The lowest BCUT2D eigenvalue weighted by molar-refractivity contribution is -0.136. The van der Waals surface area contributed by atoms with Crippen LogP contribution in [0, 0.1) is 5.82 Å². The summed E-state index contributed by atoms with van der Waals surface area (Å²) in [6.45, 7) is 1.93. The average Bonchev–Trinajstić information content (AvgIpc) is 2.92. The molecule has 0 unspecified atom stereocenters. The summed E-state index contributed by atoms with van der Waals surface area (Å²) in [4.78, 5) is 36.2. The van der Waals surface area contributed by atoms with E-state index in [1.807, 2.05) is 0 Å². The molecule has 3 amide bonds. The van der Waals surface area contributed by atoms with Crippen molar-refractivity contribution in [1.29, 1.82) is 0 Å². The van der Waals surface area contributed by atoms with E-state index in [2.05, 4.69) is 5.32 Å². The lowest BCUT2D eigenvalue weighted by Crippen LogP contribution is -2.41. The topological polar surface area (TPSA) is 84.9 Å². The van der Waals surface area contributed by atoms with Crippen LogP contribution in [0.15, 0.2) is 18.2 Å². The molecular formula is C14H15FN2O5. The van der Waals surface area contributed by atoms with Crippen LogP contribution in [0.5, 0.6) is 5.75 Å². The van der Waals surface area contributed by atoms with E-state index in [0.29, 0.717) is 6.54 Å². The molecule has 0 aliphatic carbocycles. The number of ether oxygens (including phenoxy) is 2. The van der Waals surface area contributed by atoms with E-state index in [9.17, 15) is 18.8 Å². The van der Waals surface area contributed by atoms with Crippen LogP contribution in [0.2, 0.25) is 0 Å². The second-order valence-electron chi connectivity index (χ2n) is 4.62. The third kappa shape index (κ3) is 3.16. The number of carbonyl (C=O) groups excluding carboxylic acids is 3. The molecule has 1 atom stereocenters. The average molecular weight is 310 g/mol. The number of nitrogens with zero attached hydrogens (tertiary/aromatic N) is 1. The van der Waals surface area contributed by atoms with Crippen LogP contribution in [0.25, 0.3) is 0 Å². The molecule has 1 aromatic carbocycles.